The number of hydrogen-bond acceptors (Lipinski definition) is 5. The van der Waals surface area contributed by atoms with Gasteiger partial charge in [-0.15, -0.1) is 11.8 Å². The maximum atomic E-state index is 13.0. The SMILES string of the molecule is CCN(CC)C(=O)[C@@H]1CSCN1C(=O)c1cccc(S(=O)(=O)NCC2CC2)c1. The Bertz CT molecular complexity index is 835. The Kier molecular flexibility index (Phi) is 6.67. The molecule has 2 aliphatic rings. The summed E-state index contributed by atoms with van der Waals surface area (Å²) in [4.78, 5) is 29.1. The van der Waals surface area contributed by atoms with Crippen LogP contribution in [0.1, 0.15) is 37.0 Å². The van der Waals surface area contributed by atoms with Crippen molar-refractivity contribution in [2.45, 2.75) is 37.6 Å². The molecule has 1 aromatic rings. The topological polar surface area (TPSA) is 86.8 Å². The molecule has 154 valence electrons. The van der Waals surface area contributed by atoms with E-state index in [9.17, 15) is 18.0 Å². The van der Waals surface area contributed by atoms with Gasteiger partial charge in [-0.3, -0.25) is 9.59 Å². The zero-order valence-corrected chi connectivity index (χ0v) is 17.9. The molecule has 0 radical (unpaired) electrons. The van der Waals surface area contributed by atoms with Crippen molar-refractivity contribution in [3.63, 3.8) is 0 Å². The first-order chi connectivity index (χ1) is 13.4. The summed E-state index contributed by atoms with van der Waals surface area (Å²) in [7, 11) is -3.65. The van der Waals surface area contributed by atoms with Gasteiger partial charge in [0.25, 0.3) is 5.91 Å². The smallest absolute Gasteiger partial charge is 0.255 e. The van der Waals surface area contributed by atoms with Crippen molar-refractivity contribution in [3.05, 3.63) is 29.8 Å². The Morgan fingerprint density at radius 3 is 2.61 bits per heavy atom. The van der Waals surface area contributed by atoms with Gasteiger partial charge in [0.2, 0.25) is 15.9 Å². The number of nitrogens with one attached hydrogen (secondary N) is 1. The van der Waals surface area contributed by atoms with Crippen molar-refractivity contribution in [1.29, 1.82) is 0 Å². The molecule has 0 aromatic heterocycles. The fourth-order valence-electron chi connectivity index (χ4n) is 3.19. The average Bonchev–Trinajstić information content (AvgIpc) is 3.41. The number of thioether (sulfide) groups is 1. The highest BCUT2D eigenvalue weighted by Crippen LogP contribution is 2.28. The zero-order chi connectivity index (χ0) is 20.3. The summed E-state index contributed by atoms with van der Waals surface area (Å²) in [6.07, 6.45) is 2.10. The molecule has 1 heterocycles. The lowest BCUT2D eigenvalue weighted by atomic mass is 10.1. The number of sulfonamides is 1. The van der Waals surface area contributed by atoms with E-state index < -0.39 is 16.1 Å². The standard InChI is InChI=1S/C19H27N3O4S2/c1-3-21(4-2)19(24)17-12-27-13-22(17)18(23)15-6-5-7-16(10-15)28(25,26)20-11-14-8-9-14/h5-7,10,14,17,20H,3-4,8-9,11-13H2,1-2H3/t17-/m0/s1. The highest BCUT2D eigenvalue weighted by molar-refractivity contribution is 7.99. The molecule has 7 nitrogen and oxygen atoms in total. The van der Waals surface area contributed by atoms with Crippen LogP contribution >= 0.6 is 11.8 Å². The predicted molar refractivity (Wildman–Crippen MR) is 110 cm³/mol. The normalized spacial score (nSPS) is 19.6. The van der Waals surface area contributed by atoms with E-state index in [2.05, 4.69) is 4.72 Å². The third kappa shape index (κ3) is 4.69. The van der Waals surface area contributed by atoms with Crippen LogP contribution in [0, 0.1) is 5.92 Å². The first-order valence-corrected chi connectivity index (χ1v) is 12.3. The number of benzene rings is 1. The second-order valence-electron chi connectivity index (χ2n) is 7.12. The van der Waals surface area contributed by atoms with Gasteiger partial charge in [0.15, 0.2) is 0 Å². The molecule has 1 saturated carbocycles. The van der Waals surface area contributed by atoms with Gasteiger partial charge in [0.05, 0.1) is 10.8 Å². The van der Waals surface area contributed by atoms with Crippen LogP contribution < -0.4 is 4.72 Å². The van der Waals surface area contributed by atoms with E-state index >= 15 is 0 Å². The molecular formula is C19H27N3O4S2. The molecule has 1 aromatic carbocycles. The largest absolute Gasteiger partial charge is 0.341 e. The molecule has 2 amide bonds. The molecule has 1 N–H and O–H groups in total. The van der Waals surface area contributed by atoms with Crippen molar-refractivity contribution in [2.24, 2.45) is 5.92 Å². The summed E-state index contributed by atoms with van der Waals surface area (Å²) >= 11 is 1.54. The van der Waals surface area contributed by atoms with E-state index in [0.717, 1.165) is 12.8 Å². The van der Waals surface area contributed by atoms with Gasteiger partial charge in [-0.2, -0.15) is 0 Å². The Labute approximate surface area is 170 Å². The first kappa shape index (κ1) is 21.1. The third-order valence-corrected chi connectivity index (χ3v) is 7.59. The van der Waals surface area contributed by atoms with Crippen LogP contribution in [0.2, 0.25) is 0 Å². The molecule has 2 fully saturated rings. The van der Waals surface area contributed by atoms with Gasteiger partial charge >= 0.3 is 0 Å². The van der Waals surface area contributed by atoms with Crippen molar-refractivity contribution in [3.8, 4) is 0 Å². The second kappa shape index (κ2) is 8.84. The zero-order valence-electron chi connectivity index (χ0n) is 16.3. The maximum absolute atomic E-state index is 13.0. The number of carbonyl (C=O) groups excluding carboxylic acids is 2. The minimum atomic E-state index is -3.65. The van der Waals surface area contributed by atoms with E-state index in [4.69, 9.17) is 0 Å². The molecule has 9 heteroatoms. The highest BCUT2D eigenvalue weighted by Gasteiger charge is 2.37. The summed E-state index contributed by atoms with van der Waals surface area (Å²) in [5.74, 6) is 1.04. The molecule has 28 heavy (non-hydrogen) atoms. The van der Waals surface area contributed by atoms with Crippen LogP contribution in [0.25, 0.3) is 0 Å². The molecule has 0 unspecified atom stereocenters. The Hall–Kier alpha value is -1.58. The summed E-state index contributed by atoms with van der Waals surface area (Å²) in [6, 6.07) is 5.56. The Balaban J connectivity index is 1.77. The summed E-state index contributed by atoms with van der Waals surface area (Å²) in [5, 5.41) is 0. The van der Waals surface area contributed by atoms with E-state index in [1.165, 1.54) is 23.9 Å². The number of nitrogens with zero attached hydrogens (tertiary/aromatic N) is 2. The minimum absolute atomic E-state index is 0.0572. The lowest BCUT2D eigenvalue weighted by Gasteiger charge is -2.28. The van der Waals surface area contributed by atoms with Crippen LogP contribution in [0.3, 0.4) is 0 Å². The fraction of sp³-hybridized carbons (Fsp3) is 0.579. The lowest BCUT2D eigenvalue weighted by molar-refractivity contribution is -0.134. The first-order valence-electron chi connectivity index (χ1n) is 9.64. The predicted octanol–water partition coefficient (Wildman–Crippen LogP) is 1.76. The average molecular weight is 426 g/mol. The van der Waals surface area contributed by atoms with Crippen molar-refractivity contribution >= 4 is 33.6 Å². The van der Waals surface area contributed by atoms with Crippen LogP contribution in [0.4, 0.5) is 0 Å². The van der Waals surface area contributed by atoms with Crippen LogP contribution in [-0.4, -0.2) is 67.3 Å². The molecule has 3 rings (SSSR count). The van der Waals surface area contributed by atoms with Crippen LogP contribution in [0.5, 0.6) is 0 Å². The van der Waals surface area contributed by atoms with Gasteiger partial charge in [-0.1, -0.05) is 6.07 Å². The Morgan fingerprint density at radius 1 is 1.25 bits per heavy atom. The van der Waals surface area contributed by atoms with Gasteiger partial charge in [-0.05, 0) is 50.8 Å². The minimum Gasteiger partial charge on any atom is -0.341 e. The number of carbonyl (C=O) groups is 2. The van der Waals surface area contributed by atoms with Gasteiger partial charge in [0, 0.05) is 31.0 Å². The van der Waals surface area contributed by atoms with Crippen LogP contribution in [0.15, 0.2) is 29.2 Å². The summed E-state index contributed by atoms with van der Waals surface area (Å²) in [5.41, 5.74) is 0.286. The van der Waals surface area contributed by atoms with Crippen molar-refractivity contribution < 1.29 is 18.0 Å². The van der Waals surface area contributed by atoms with E-state index in [1.54, 1.807) is 21.9 Å². The number of amides is 2. The third-order valence-electron chi connectivity index (χ3n) is 5.15. The highest BCUT2D eigenvalue weighted by atomic mass is 32.2. The molecule has 1 atom stereocenters. The molecule has 0 bridgehead atoms. The summed E-state index contributed by atoms with van der Waals surface area (Å²) in [6.45, 7) is 5.46. The molecule has 1 saturated heterocycles. The maximum Gasteiger partial charge on any atom is 0.255 e. The molecular weight excluding hydrogens is 398 g/mol. The number of rotatable bonds is 8. The molecule has 1 aliphatic heterocycles. The summed E-state index contributed by atoms with van der Waals surface area (Å²) < 4.78 is 27.6. The van der Waals surface area contributed by atoms with E-state index in [0.29, 0.717) is 37.2 Å². The van der Waals surface area contributed by atoms with Gasteiger partial charge in [0.1, 0.15) is 6.04 Å². The van der Waals surface area contributed by atoms with Crippen molar-refractivity contribution in [2.75, 3.05) is 31.3 Å². The monoisotopic (exact) mass is 425 g/mol. The second-order valence-corrected chi connectivity index (χ2v) is 9.89. The van der Waals surface area contributed by atoms with Crippen molar-refractivity contribution in [1.82, 2.24) is 14.5 Å². The van der Waals surface area contributed by atoms with E-state index in [-0.39, 0.29) is 22.3 Å². The molecule has 0 spiro atoms. The van der Waals surface area contributed by atoms with E-state index in [1.807, 2.05) is 13.8 Å². The molecule has 1 aliphatic carbocycles. The lowest BCUT2D eigenvalue weighted by Crippen LogP contribution is -2.49. The fourth-order valence-corrected chi connectivity index (χ4v) is 5.50. The number of likely N-dealkylation sites (N-methyl/N-ethyl adjacent to an activating group) is 1. The van der Waals surface area contributed by atoms with Gasteiger partial charge in [-0.25, -0.2) is 13.1 Å². The Morgan fingerprint density at radius 2 is 1.96 bits per heavy atom. The van der Waals surface area contributed by atoms with Gasteiger partial charge < -0.3 is 9.80 Å². The number of hydrogen-bond donors (Lipinski definition) is 1. The quantitative estimate of drug-likeness (QED) is 0.686. The van der Waals surface area contributed by atoms with Crippen LogP contribution in [-0.2, 0) is 14.8 Å².